The van der Waals surface area contributed by atoms with Gasteiger partial charge in [0, 0.05) is 16.5 Å². The predicted octanol–water partition coefficient (Wildman–Crippen LogP) is 3.11. The average molecular weight is 364 g/mol. The molecule has 6 nitrogen and oxygen atoms in total. The number of imidazole rings is 1. The molecule has 130 valence electrons. The smallest absolute Gasteiger partial charge is 0.251 e. The molecule has 1 amide bonds. The van der Waals surface area contributed by atoms with Crippen LogP contribution in [0.4, 0.5) is 0 Å². The van der Waals surface area contributed by atoms with Crippen LogP contribution in [0.1, 0.15) is 21.2 Å². The van der Waals surface area contributed by atoms with Crippen LogP contribution in [0.5, 0.6) is 0 Å². The zero-order valence-corrected chi connectivity index (χ0v) is 14.6. The maximum absolute atomic E-state index is 12.4. The highest BCUT2D eigenvalue weighted by Crippen LogP contribution is 2.21. The molecule has 0 saturated carbocycles. The van der Waals surface area contributed by atoms with Crippen LogP contribution in [-0.4, -0.2) is 26.0 Å². The summed E-state index contributed by atoms with van der Waals surface area (Å²) in [5.41, 5.74) is 3.95. The second-order valence-electron chi connectivity index (χ2n) is 5.75. The molecule has 0 unspecified atom stereocenters. The van der Waals surface area contributed by atoms with Crippen LogP contribution in [0.25, 0.3) is 22.3 Å². The molecule has 0 bridgehead atoms. The summed E-state index contributed by atoms with van der Waals surface area (Å²) in [5.74, 6) is 0.303. The Morgan fingerprint density at radius 2 is 2.00 bits per heavy atom. The van der Waals surface area contributed by atoms with Gasteiger partial charge in [-0.3, -0.25) is 4.79 Å². The van der Waals surface area contributed by atoms with Gasteiger partial charge in [0.15, 0.2) is 0 Å². The normalized spacial score (nSPS) is 11.0. The zero-order chi connectivity index (χ0) is 17.9. The van der Waals surface area contributed by atoms with Gasteiger partial charge in [-0.2, -0.15) is 0 Å². The number of thiazole rings is 1. The number of amides is 1. The Balaban J connectivity index is 1.45. The van der Waals surface area contributed by atoms with Crippen LogP contribution < -0.4 is 5.32 Å². The number of aliphatic hydroxyl groups is 1. The first kappa shape index (κ1) is 16.4. The number of benzene rings is 2. The number of carbonyl (C=O) groups excluding carboxylic acids is 1. The minimum atomic E-state index is -0.177. The fraction of sp³-hybridized carbons (Fsp3) is 0.105. The third-order valence-corrected chi connectivity index (χ3v) is 4.81. The number of nitrogens with zero attached hydrogens (tertiary/aromatic N) is 2. The van der Waals surface area contributed by atoms with Crippen molar-refractivity contribution in [3.05, 3.63) is 70.3 Å². The van der Waals surface area contributed by atoms with Gasteiger partial charge >= 0.3 is 0 Å². The number of hydrogen-bond acceptors (Lipinski definition) is 5. The number of aliphatic hydroxyl groups excluding tert-OH is 1. The number of aromatic amines is 1. The highest BCUT2D eigenvalue weighted by atomic mass is 32.1. The van der Waals surface area contributed by atoms with E-state index >= 15 is 0 Å². The molecule has 2 aromatic heterocycles. The highest BCUT2D eigenvalue weighted by molar-refractivity contribution is 7.09. The molecule has 0 radical (unpaired) electrons. The number of hydrogen-bond donors (Lipinski definition) is 3. The van der Waals surface area contributed by atoms with Gasteiger partial charge in [0.2, 0.25) is 0 Å². The van der Waals surface area contributed by atoms with Crippen molar-refractivity contribution in [2.24, 2.45) is 0 Å². The lowest BCUT2D eigenvalue weighted by Crippen LogP contribution is -2.22. The number of aromatic nitrogens is 3. The first-order valence-corrected chi connectivity index (χ1v) is 8.98. The van der Waals surface area contributed by atoms with Gasteiger partial charge < -0.3 is 15.4 Å². The third kappa shape index (κ3) is 3.35. The second-order valence-corrected chi connectivity index (χ2v) is 6.69. The number of carbonyl (C=O) groups is 1. The molecule has 0 aliphatic rings. The maximum Gasteiger partial charge on any atom is 0.251 e. The van der Waals surface area contributed by atoms with Crippen molar-refractivity contribution in [2.45, 2.75) is 13.2 Å². The molecule has 0 aliphatic carbocycles. The molecule has 0 fully saturated rings. The van der Waals surface area contributed by atoms with E-state index in [0.29, 0.717) is 17.9 Å². The SMILES string of the molecule is O=C(NCc1nc(-c2ccccc2)cs1)c1ccc2nc(CO)[nH]c2c1. The van der Waals surface area contributed by atoms with Gasteiger partial charge in [0.25, 0.3) is 5.91 Å². The van der Waals surface area contributed by atoms with Crippen LogP contribution in [0.15, 0.2) is 53.9 Å². The van der Waals surface area contributed by atoms with Gasteiger partial charge in [-0.05, 0) is 18.2 Å². The maximum atomic E-state index is 12.4. The highest BCUT2D eigenvalue weighted by Gasteiger charge is 2.10. The lowest BCUT2D eigenvalue weighted by molar-refractivity contribution is 0.0951. The minimum Gasteiger partial charge on any atom is -0.388 e. The van der Waals surface area contributed by atoms with E-state index in [4.69, 9.17) is 5.11 Å². The zero-order valence-electron chi connectivity index (χ0n) is 13.8. The monoisotopic (exact) mass is 364 g/mol. The molecule has 0 aliphatic heterocycles. The molecule has 4 aromatic rings. The van der Waals surface area contributed by atoms with E-state index in [1.54, 1.807) is 18.2 Å². The van der Waals surface area contributed by atoms with E-state index in [1.165, 1.54) is 11.3 Å². The molecule has 2 heterocycles. The topological polar surface area (TPSA) is 90.9 Å². The van der Waals surface area contributed by atoms with Gasteiger partial charge in [0.1, 0.15) is 17.4 Å². The number of rotatable bonds is 5. The molecular formula is C19H16N4O2S. The quantitative estimate of drug-likeness (QED) is 0.507. The van der Waals surface area contributed by atoms with Gasteiger partial charge in [-0.25, -0.2) is 9.97 Å². The van der Waals surface area contributed by atoms with E-state index in [1.807, 2.05) is 35.7 Å². The predicted molar refractivity (Wildman–Crippen MR) is 101 cm³/mol. The van der Waals surface area contributed by atoms with Crippen molar-refractivity contribution in [3.8, 4) is 11.3 Å². The summed E-state index contributed by atoms with van der Waals surface area (Å²) in [5, 5.41) is 14.9. The third-order valence-electron chi connectivity index (χ3n) is 3.96. The Morgan fingerprint density at radius 1 is 1.15 bits per heavy atom. The summed E-state index contributed by atoms with van der Waals surface area (Å²) >= 11 is 1.52. The summed E-state index contributed by atoms with van der Waals surface area (Å²) in [7, 11) is 0. The van der Waals surface area contributed by atoms with Gasteiger partial charge in [-0.15, -0.1) is 11.3 Å². The lowest BCUT2D eigenvalue weighted by atomic mass is 10.2. The fourth-order valence-corrected chi connectivity index (χ4v) is 3.41. The van der Waals surface area contributed by atoms with Crippen LogP contribution >= 0.6 is 11.3 Å². The first-order chi connectivity index (χ1) is 12.7. The molecule has 4 rings (SSSR count). The molecular weight excluding hydrogens is 348 g/mol. The Bertz CT molecular complexity index is 1060. The van der Waals surface area contributed by atoms with Crippen LogP contribution in [0, 0.1) is 0 Å². The number of fused-ring (bicyclic) bond motifs is 1. The molecule has 7 heteroatoms. The van der Waals surface area contributed by atoms with Crippen molar-refractivity contribution < 1.29 is 9.90 Å². The summed E-state index contributed by atoms with van der Waals surface area (Å²) in [6.45, 7) is 0.212. The van der Waals surface area contributed by atoms with Gasteiger partial charge in [-0.1, -0.05) is 30.3 Å². The molecule has 0 spiro atoms. The van der Waals surface area contributed by atoms with Crippen LogP contribution in [0.3, 0.4) is 0 Å². The largest absolute Gasteiger partial charge is 0.388 e. The van der Waals surface area contributed by atoms with Crippen molar-refractivity contribution >= 4 is 28.3 Å². The summed E-state index contributed by atoms with van der Waals surface area (Å²) in [6, 6.07) is 15.2. The van der Waals surface area contributed by atoms with E-state index in [2.05, 4.69) is 20.3 Å². The van der Waals surface area contributed by atoms with E-state index in [0.717, 1.165) is 27.3 Å². The van der Waals surface area contributed by atoms with Crippen LogP contribution in [-0.2, 0) is 13.2 Å². The summed E-state index contributed by atoms with van der Waals surface area (Å²) in [4.78, 5) is 24.2. The van der Waals surface area contributed by atoms with Crippen molar-refractivity contribution in [1.29, 1.82) is 0 Å². The van der Waals surface area contributed by atoms with Crippen molar-refractivity contribution in [3.63, 3.8) is 0 Å². The minimum absolute atomic E-state index is 0.163. The van der Waals surface area contributed by atoms with Gasteiger partial charge in [0.05, 0.1) is 23.3 Å². The van der Waals surface area contributed by atoms with Crippen molar-refractivity contribution in [1.82, 2.24) is 20.3 Å². The number of H-pyrrole nitrogens is 1. The summed E-state index contributed by atoms with van der Waals surface area (Å²) < 4.78 is 0. The first-order valence-electron chi connectivity index (χ1n) is 8.10. The van der Waals surface area contributed by atoms with E-state index < -0.39 is 0 Å². The molecule has 3 N–H and O–H groups in total. The molecule has 0 atom stereocenters. The molecule has 0 saturated heterocycles. The standard InChI is InChI=1S/C19H16N4O2S/c24-10-17-21-14-7-6-13(8-15(14)22-17)19(25)20-9-18-23-16(11-26-18)12-4-2-1-3-5-12/h1-8,11,24H,9-10H2,(H,20,25)(H,21,22). The Kier molecular flexibility index (Phi) is 4.47. The number of nitrogens with one attached hydrogen (secondary N) is 2. The Labute approximate surface area is 153 Å². The fourth-order valence-electron chi connectivity index (χ4n) is 2.67. The molecule has 26 heavy (non-hydrogen) atoms. The summed E-state index contributed by atoms with van der Waals surface area (Å²) in [6.07, 6.45) is 0. The van der Waals surface area contributed by atoms with E-state index in [9.17, 15) is 4.79 Å². The van der Waals surface area contributed by atoms with Crippen LogP contribution in [0.2, 0.25) is 0 Å². The van der Waals surface area contributed by atoms with E-state index in [-0.39, 0.29) is 12.5 Å². The Morgan fingerprint density at radius 3 is 2.81 bits per heavy atom. The lowest BCUT2D eigenvalue weighted by Gasteiger charge is -2.03. The second kappa shape index (κ2) is 7.07. The average Bonchev–Trinajstić information content (AvgIpc) is 3.32. The Hall–Kier alpha value is -3.03. The van der Waals surface area contributed by atoms with Crippen molar-refractivity contribution in [2.75, 3.05) is 0 Å². The molecule has 2 aromatic carbocycles.